The van der Waals surface area contributed by atoms with E-state index in [1.807, 2.05) is 32.0 Å². The molecule has 1 N–H and O–H groups in total. The van der Waals surface area contributed by atoms with E-state index < -0.39 is 5.03 Å². The highest BCUT2D eigenvalue weighted by molar-refractivity contribution is 5.92. The van der Waals surface area contributed by atoms with Crippen molar-refractivity contribution in [2.24, 2.45) is 10.1 Å². The van der Waals surface area contributed by atoms with Gasteiger partial charge in [0.05, 0.1) is 12.0 Å². The summed E-state index contributed by atoms with van der Waals surface area (Å²) < 4.78 is 0. The maximum Gasteiger partial charge on any atom is 0.276 e. The third-order valence-corrected chi connectivity index (χ3v) is 2.92. The Morgan fingerprint density at radius 2 is 2.21 bits per heavy atom. The van der Waals surface area contributed by atoms with Crippen LogP contribution >= 0.6 is 0 Å². The third kappa shape index (κ3) is 3.27. The Morgan fingerprint density at radius 3 is 2.89 bits per heavy atom. The second kappa shape index (κ2) is 5.47. The molecular weight excluding hydrogens is 246 g/mol. The Morgan fingerprint density at radius 1 is 1.42 bits per heavy atom. The van der Waals surface area contributed by atoms with Crippen molar-refractivity contribution in [3.8, 4) is 0 Å². The summed E-state index contributed by atoms with van der Waals surface area (Å²) in [7, 11) is 0. The first kappa shape index (κ1) is 13.0. The van der Waals surface area contributed by atoms with Gasteiger partial charge in [-0.15, -0.1) is 0 Å². The van der Waals surface area contributed by atoms with Crippen LogP contribution in [-0.2, 0) is 0 Å². The van der Waals surface area contributed by atoms with E-state index in [4.69, 9.17) is 0 Å². The first-order valence-corrected chi connectivity index (χ1v) is 5.91. The Bertz CT molecular complexity index is 553. The highest BCUT2D eigenvalue weighted by Crippen LogP contribution is 2.16. The van der Waals surface area contributed by atoms with E-state index in [1.165, 1.54) is 5.56 Å². The van der Waals surface area contributed by atoms with Crippen molar-refractivity contribution in [1.29, 1.82) is 0 Å². The molecule has 1 aromatic carbocycles. The summed E-state index contributed by atoms with van der Waals surface area (Å²) in [5.74, 6) is 0.220. The van der Waals surface area contributed by atoms with Crippen molar-refractivity contribution in [2.45, 2.75) is 13.8 Å². The van der Waals surface area contributed by atoms with E-state index in [0.29, 0.717) is 13.1 Å². The molecule has 0 unspecified atom stereocenters. The van der Waals surface area contributed by atoms with Crippen molar-refractivity contribution in [1.82, 2.24) is 10.2 Å². The van der Waals surface area contributed by atoms with E-state index in [0.717, 1.165) is 11.3 Å². The second-order valence-electron chi connectivity index (χ2n) is 4.29. The standard InChI is InChI=1S/C12H15N5O2/c1-9-3-4-11(7-10(9)2)14-8-16-6-5-13-12(16)15-17(18)19/h3-4,7-8H,5-6H2,1-2H3,(H,13,15)/b14-8+. The quantitative estimate of drug-likeness (QED) is 0.386. The van der Waals surface area contributed by atoms with Gasteiger partial charge in [-0.2, -0.15) is 0 Å². The van der Waals surface area contributed by atoms with E-state index in [9.17, 15) is 10.1 Å². The van der Waals surface area contributed by atoms with Crippen LogP contribution in [0.4, 0.5) is 5.69 Å². The van der Waals surface area contributed by atoms with E-state index >= 15 is 0 Å². The Kier molecular flexibility index (Phi) is 3.74. The van der Waals surface area contributed by atoms with Crippen LogP contribution in [0.1, 0.15) is 11.1 Å². The number of rotatable bonds is 3. The van der Waals surface area contributed by atoms with Gasteiger partial charge in [0.2, 0.25) is 0 Å². The molecule has 0 bridgehead atoms. The lowest BCUT2D eigenvalue weighted by molar-refractivity contribution is -0.485. The fourth-order valence-electron chi connectivity index (χ4n) is 1.72. The van der Waals surface area contributed by atoms with Gasteiger partial charge in [0.25, 0.3) is 5.96 Å². The minimum atomic E-state index is -0.718. The molecule has 7 heteroatoms. The number of guanidine groups is 1. The molecule has 1 saturated heterocycles. The van der Waals surface area contributed by atoms with Gasteiger partial charge in [-0.25, -0.2) is 15.1 Å². The average Bonchev–Trinajstić information content (AvgIpc) is 2.77. The number of hydrogen-bond donors (Lipinski definition) is 1. The number of benzene rings is 1. The molecule has 1 aliphatic rings. The molecule has 0 spiro atoms. The van der Waals surface area contributed by atoms with Gasteiger partial charge >= 0.3 is 0 Å². The molecule has 0 aromatic heterocycles. The lowest BCUT2D eigenvalue weighted by Crippen LogP contribution is -2.29. The van der Waals surface area contributed by atoms with Crippen molar-refractivity contribution in [3.63, 3.8) is 0 Å². The summed E-state index contributed by atoms with van der Waals surface area (Å²) in [6.07, 6.45) is 1.56. The monoisotopic (exact) mass is 261 g/mol. The Labute approximate surface area is 110 Å². The maximum absolute atomic E-state index is 10.4. The molecule has 1 aromatic rings. The average molecular weight is 261 g/mol. The smallest absolute Gasteiger partial charge is 0.276 e. The topological polar surface area (TPSA) is 83.1 Å². The number of nitrogens with zero attached hydrogens (tertiary/aromatic N) is 4. The highest BCUT2D eigenvalue weighted by atomic mass is 16.7. The predicted octanol–water partition coefficient (Wildman–Crippen LogP) is 1.42. The van der Waals surface area contributed by atoms with Crippen molar-refractivity contribution >= 4 is 18.0 Å². The SMILES string of the molecule is Cc1ccc(/N=C/N2CCN/C2=N\[N+](=O)[O-])cc1C. The lowest BCUT2D eigenvalue weighted by Gasteiger charge is -2.08. The molecule has 1 heterocycles. The summed E-state index contributed by atoms with van der Waals surface area (Å²) in [4.78, 5) is 16.3. The van der Waals surface area contributed by atoms with Crippen molar-refractivity contribution in [3.05, 3.63) is 39.4 Å². The fraction of sp³-hybridized carbons (Fsp3) is 0.333. The minimum absolute atomic E-state index is 0.220. The van der Waals surface area contributed by atoms with Gasteiger partial charge in [0, 0.05) is 13.1 Å². The number of aliphatic imine (C=N–C) groups is 1. The van der Waals surface area contributed by atoms with Gasteiger partial charge < -0.3 is 5.32 Å². The van der Waals surface area contributed by atoms with Crippen LogP contribution in [0.5, 0.6) is 0 Å². The molecular formula is C12H15N5O2. The Balaban J connectivity index is 2.13. The number of aryl methyl sites for hydroxylation is 2. The Hall–Kier alpha value is -2.44. The molecule has 0 aliphatic carbocycles. The zero-order chi connectivity index (χ0) is 13.8. The van der Waals surface area contributed by atoms with Gasteiger partial charge in [-0.1, -0.05) is 6.07 Å². The molecule has 1 fully saturated rings. The summed E-state index contributed by atoms with van der Waals surface area (Å²) in [5.41, 5.74) is 3.18. The minimum Gasteiger partial charge on any atom is -0.349 e. The molecule has 1 aliphatic heterocycles. The third-order valence-electron chi connectivity index (χ3n) is 2.92. The van der Waals surface area contributed by atoms with Crippen LogP contribution in [0.2, 0.25) is 0 Å². The first-order chi connectivity index (χ1) is 9.06. The molecule has 0 saturated carbocycles. The lowest BCUT2D eigenvalue weighted by atomic mass is 10.1. The maximum atomic E-state index is 10.4. The fourth-order valence-corrected chi connectivity index (χ4v) is 1.72. The summed E-state index contributed by atoms with van der Waals surface area (Å²) >= 11 is 0. The summed E-state index contributed by atoms with van der Waals surface area (Å²) in [6.45, 7) is 5.28. The molecule has 2 rings (SSSR count). The molecule has 0 radical (unpaired) electrons. The number of hydrogen-bond acceptors (Lipinski definition) is 3. The number of nitro groups is 1. The van der Waals surface area contributed by atoms with Crippen LogP contribution in [0.25, 0.3) is 0 Å². The molecule has 100 valence electrons. The van der Waals surface area contributed by atoms with Crippen LogP contribution in [-0.4, -0.2) is 35.3 Å². The normalized spacial score (nSPS) is 17.2. The number of nitrogens with one attached hydrogen (secondary N) is 1. The molecule has 7 nitrogen and oxygen atoms in total. The van der Waals surface area contributed by atoms with Gasteiger partial charge in [-0.3, -0.25) is 4.90 Å². The first-order valence-electron chi connectivity index (χ1n) is 5.91. The van der Waals surface area contributed by atoms with E-state index in [1.54, 1.807) is 11.2 Å². The van der Waals surface area contributed by atoms with Crippen molar-refractivity contribution in [2.75, 3.05) is 13.1 Å². The van der Waals surface area contributed by atoms with E-state index in [-0.39, 0.29) is 5.96 Å². The molecule has 19 heavy (non-hydrogen) atoms. The van der Waals surface area contributed by atoms with E-state index in [2.05, 4.69) is 15.4 Å². The molecule has 0 atom stereocenters. The predicted molar refractivity (Wildman–Crippen MR) is 73.2 cm³/mol. The summed E-state index contributed by atoms with van der Waals surface area (Å²) in [5, 5.41) is 15.7. The van der Waals surface area contributed by atoms with Crippen molar-refractivity contribution < 1.29 is 5.03 Å². The zero-order valence-electron chi connectivity index (χ0n) is 10.8. The molecule has 0 amide bonds. The summed E-state index contributed by atoms with van der Waals surface area (Å²) in [6, 6.07) is 5.88. The van der Waals surface area contributed by atoms with Gasteiger partial charge in [0.1, 0.15) is 5.10 Å². The second-order valence-corrected chi connectivity index (χ2v) is 4.29. The van der Waals surface area contributed by atoms with Crippen LogP contribution < -0.4 is 5.32 Å². The highest BCUT2D eigenvalue weighted by Gasteiger charge is 2.19. The van der Waals surface area contributed by atoms with Crippen LogP contribution in [0, 0.1) is 24.0 Å². The number of hydrazone groups is 1. The van der Waals surface area contributed by atoms with Crippen LogP contribution in [0.3, 0.4) is 0 Å². The van der Waals surface area contributed by atoms with Crippen LogP contribution in [0.15, 0.2) is 28.3 Å². The van der Waals surface area contributed by atoms with Gasteiger partial charge in [0.15, 0.2) is 5.03 Å². The zero-order valence-corrected chi connectivity index (χ0v) is 10.8. The largest absolute Gasteiger partial charge is 0.349 e. The van der Waals surface area contributed by atoms with Gasteiger partial charge in [-0.05, 0) is 37.1 Å².